The van der Waals surface area contributed by atoms with Gasteiger partial charge in [-0.15, -0.1) is 11.3 Å². The predicted molar refractivity (Wildman–Crippen MR) is 104 cm³/mol. The van der Waals surface area contributed by atoms with Crippen LogP contribution in [0.3, 0.4) is 0 Å². The molecule has 0 radical (unpaired) electrons. The summed E-state index contributed by atoms with van der Waals surface area (Å²) in [5.41, 5.74) is -0.130. The average molecular weight is 445 g/mol. The van der Waals surface area contributed by atoms with Gasteiger partial charge in [-0.1, -0.05) is 11.8 Å². The molecule has 1 amide bonds. The first-order valence-corrected chi connectivity index (χ1v) is 10.6. The topological polar surface area (TPSA) is 82.5 Å². The molecule has 11 heteroatoms. The van der Waals surface area contributed by atoms with E-state index in [9.17, 15) is 22.8 Å². The number of likely N-dealkylation sites (tertiary alicyclic amines) is 1. The number of carboxylic acid groups (broad SMARTS) is 1. The fourth-order valence-corrected chi connectivity index (χ4v) is 4.79. The van der Waals surface area contributed by atoms with Crippen LogP contribution in [0.1, 0.15) is 28.9 Å². The van der Waals surface area contributed by atoms with Crippen LogP contribution in [0.25, 0.3) is 0 Å². The van der Waals surface area contributed by atoms with Crippen molar-refractivity contribution in [3.8, 4) is 0 Å². The lowest BCUT2D eigenvalue weighted by atomic mass is 10.2. The summed E-state index contributed by atoms with van der Waals surface area (Å²) in [4.78, 5) is 28.8. The van der Waals surface area contributed by atoms with Crippen molar-refractivity contribution in [3.63, 3.8) is 0 Å². The maximum atomic E-state index is 12.6. The van der Waals surface area contributed by atoms with E-state index in [1.807, 2.05) is 0 Å². The van der Waals surface area contributed by atoms with Crippen molar-refractivity contribution in [1.29, 1.82) is 0 Å². The molecule has 6 nitrogen and oxygen atoms in total. The summed E-state index contributed by atoms with van der Waals surface area (Å²) in [5, 5.41) is 13.5. The molecule has 1 aromatic carbocycles. The Labute approximate surface area is 173 Å². The summed E-state index contributed by atoms with van der Waals surface area (Å²) in [5.74, 6) is -0.456. The quantitative estimate of drug-likeness (QED) is 0.597. The van der Waals surface area contributed by atoms with Crippen molar-refractivity contribution >= 4 is 40.7 Å². The van der Waals surface area contributed by atoms with Crippen molar-refractivity contribution in [3.05, 3.63) is 40.9 Å². The maximum absolute atomic E-state index is 12.6. The molecule has 0 spiro atoms. The Morgan fingerprint density at radius 3 is 2.69 bits per heavy atom. The van der Waals surface area contributed by atoms with Crippen molar-refractivity contribution < 1.29 is 27.9 Å². The molecule has 29 heavy (non-hydrogen) atoms. The van der Waals surface area contributed by atoms with E-state index >= 15 is 0 Å². The van der Waals surface area contributed by atoms with Crippen LogP contribution in [-0.4, -0.2) is 51.8 Å². The number of anilines is 1. The van der Waals surface area contributed by atoms with Gasteiger partial charge < -0.3 is 15.3 Å². The number of carbonyl (C=O) groups excluding carboxylic acids is 1. The average Bonchev–Trinajstić information content (AvgIpc) is 3.27. The third kappa shape index (κ3) is 5.63. The van der Waals surface area contributed by atoms with Crippen LogP contribution >= 0.6 is 23.1 Å². The van der Waals surface area contributed by atoms with E-state index in [2.05, 4.69) is 10.3 Å². The van der Waals surface area contributed by atoms with Gasteiger partial charge in [0, 0.05) is 42.4 Å². The SMILES string of the molecule is O=C(O)c1csc(SCCN2C(=O)CCC2CNc2ccc(C(F)(F)F)cc2)n1. The summed E-state index contributed by atoms with van der Waals surface area (Å²) in [6, 6.07) is 4.76. The number of nitrogens with zero attached hydrogens (tertiary/aromatic N) is 2. The highest BCUT2D eigenvalue weighted by molar-refractivity contribution is 8.01. The molecular formula is C18H18F3N3O3S2. The summed E-state index contributed by atoms with van der Waals surface area (Å²) < 4.78 is 38.5. The first-order chi connectivity index (χ1) is 13.7. The second-order valence-corrected chi connectivity index (χ2v) is 8.59. The minimum Gasteiger partial charge on any atom is -0.476 e. The number of thioether (sulfide) groups is 1. The van der Waals surface area contributed by atoms with Crippen LogP contribution in [0.15, 0.2) is 34.0 Å². The molecule has 1 saturated heterocycles. The molecule has 1 atom stereocenters. The Morgan fingerprint density at radius 2 is 2.07 bits per heavy atom. The van der Waals surface area contributed by atoms with Crippen LogP contribution in [0.4, 0.5) is 18.9 Å². The van der Waals surface area contributed by atoms with Gasteiger partial charge in [0.05, 0.1) is 5.56 Å². The molecular weight excluding hydrogens is 427 g/mol. The number of benzene rings is 1. The number of aromatic carboxylic acids is 1. The molecule has 2 aromatic rings. The van der Waals surface area contributed by atoms with Crippen LogP contribution in [0.2, 0.25) is 0 Å². The van der Waals surface area contributed by atoms with Crippen LogP contribution in [0.5, 0.6) is 0 Å². The normalized spacial score (nSPS) is 17.0. The zero-order valence-electron chi connectivity index (χ0n) is 15.1. The Balaban J connectivity index is 1.50. The Morgan fingerprint density at radius 1 is 1.34 bits per heavy atom. The number of carbonyl (C=O) groups is 2. The molecule has 1 unspecified atom stereocenters. The lowest BCUT2D eigenvalue weighted by molar-refractivity contribution is -0.137. The molecule has 1 aromatic heterocycles. The van der Waals surface area contributed by atoms with Crippen molar-refractivity contribution in [2.75, 3.05) is 24.2 Å². The van der Waals surface area contributed by atoms with Gasteiger partial charge in [-0.05, 0) is 30.7 Å². The number of hydrogen-bond donors (Lipinski definition) is 2. The van der Waals surface area contributed by atoms with E-state index in [0.29, 0.717) is 41.7 Å². The molecule has 156 valence electrons. The fourth-order valence-electron chi connectivity index (χ4n) is 2.98. The van der Waals surface area contributed by atoms with Crippen LogP contribution in [0, 0.1) is 0 Å². The number of aromatic nitrogens is 1. The number of rotatable bonds is 8. The smallest absolute Gasteiger partial charge is 0.416 e. The number of nitrogens with one attached hydrogen (secondary N) is 1. The molecule has 1 fully saturated rings. The maximum Gasteiger partial charge on any atom is 0.416 e. The van der Waals surface area contributed by atoms with Gasteiger partial charge in [-0.25, -0.2) is 9.78 Å². The number of alkyl halides is 3. The summed E-state index contributed by atoms with van der Waals surface area (Å²) >= 11 is 2.64. The van der Waals surface area contributed by atoms with Gasteiger partial charge in [0.15, 0.2) is 10.0 Å². The molecule has 2 heterocycles. The molecule has 3 rings (SSSR count). The molecule has 1 aliphatic heterocycles. The zero-order valence-corrected chi connectivity index (χ0v) is 16.7. The number of carboxylic acids is 1. The molecule has 2 N–H and O–H groups in total. The Hall–Kier alpha value is -2.27. The van der Waals surface area contributed by atoms with E-state index in [4.69, 9.17) is 5.11 Å². The van der Waals surface area contributed by atoms with E-state index < -0.39 is 17.7 Å². The second-order valence-electron chi connectivity index (χ2n) is 6.39. The summed E-state index contributed by atoms with van der Waals surface area (Å²) in [6.45, 7) is 0.938. The molecule has 1 aliphatic rings. The van der Waals surface area contributed by atoms with Gasteiger partial charge >= 0.3 is 12.1 Å². The van der Waals surface area contributed by atoms with Crippen molar-refractivity contribution in [2.24, 2.45) is 0 Å². The van der Waals surface area contributed by atoms with Gasteiger partial charge in [0.2, 0.25) is 5.91 Å². The van der Waals surface area contributed by atoms with Gasteiger partial charge in [0.25, 0.3) is 0 Å². The van der Waals surface area contributed by atoms with E-state index in [1.54, 1.807) is 4.90 Å². The first kappa shape index (κ1) is 21.4. The highest BCUT2D eigenvalue weighted by Gasteiger charge is 2.31. The largest absolute Gasteiger partial charge is 0.476 e. The standard InChI is InChI=1S/C18H18F3N3O3S2/c19-18(20,21)11-1-3-12(4-2-11)22-9-13-5-6-15(25)24(13)7-8-28-17-23-14(10-29-17)16(26)27/h1-4,10,13,22H,5-9H2,(H,26,27). The summed E-state index contributed by atoms with van der Waals surface area (Å²) in [6.07, 6.45) is -3.25. The minimum absolute atomic E-state index is 0.00775. The number of halogens is 3. The lowest BCUT2D eigenvalue weighted by Gasteiger charge is -2.25. The molecule has 0 saturated carbocycles. The fraction of sp³-hybridized carbons (Fsp3) is 0.389. The molecule has 0 aliphatic carbocycles. The highest BCUT2D eigenvalue weighted by atomic mass is 32.2. The zero-order chi connectivity index (χ0) is 21.0. The van der Waals surface area contributed by atoms with Gasteiger partial charge in [-0.2, -0.15) is 13.2 Å². The third-order valence-corrected chi connectivity index (χ3v) is 6.47. The van der Waals surface area contributed by atoms with Crippen LogP contribution < -0.4 is 5.32 Å². The lowest BCUT2D eigenvalue weighted by Crippen LogP contribution is -2.39. The molecule has 0 bridgehead atoms. The first-order valence-electron chi connectivity index (χ1n) is 8.76. The third-order valence-electron chi connectivity index (χ3n) is 4.47. The highest BCUT2D eigenvalue weighted by Crippen LogP contribution is 2.30. The van der Waals surface area contributed by atoms with E-state index in [0.717, 1.165) is 12.1 Å². The monoisotopic (exact) mass is 445 g/mol. The Kier molecular flexibility index (Phi) is 6.68. The number of thiazole rings is 1. The van der Waals surface area contributed by atoms with Crippen molar-refractivity contribution in [2.45, 2.75) is 29.4 Å². The summed E-state index contributed by atoms with van der Waals surface area (Å²) in [7, 11) is 0. The predicted octanol–water partition coefficient (Wildman–Crippen LogP) is 4.06. The van der Waals surface area contributed by atoms with E-state index in [1.165, 1.54) is 40.6 Å². The second kappa shape index (κ2) is 9.04. The van der Waals surface area contributed by atoms with Gasteiger partial charge in [0.1, 0.15) is 0 Å². The van der Waals surface area contributed by atoms with E-state index in [-0.39, 0.29) is 17.6 Å². The van der Waals surface area contributed by atoms with Gasteiger partial charge in [-0.3, -0.25) is 4.79 Å². The number of amides is 1. The minimum atomic E-state index is -4.37. The van der Waals surface area contributed by atoms with Crippen molar-refractivity contribution in [1.82, 2.24) is 9.88 Å². The van der Waals surface area contributed by atoms with Crippen LogP contribution in [-0.2, 0) is 11.0 Å². The number of hydrogen-bond acceptors (Lipinski definition) is 6. The Bertz CT molecular complexity index is 871.